The maximum atomic E-state index is 12.9. The third-order valence-corrected chi connectivity index (χ3v) is 3.87. The second-order valence-corrected chi connectivity index (χ2v) is 5.75. The van der Waals surface area contributed by atoms with Crippen LogP contribution in [0.3, 0.4) is 0 Å². The van der Waals surface area contributed by atoms with Gasteiger partial charge >= 0.3 is 0 Å². The van der Waals surface area contributed by atoms with Crippen molar-refractivity contribution >= 4 is 23.3 Å². The van der Waals surface area contributed by atoms with Crippen LogP contribution in [0.2, 0.25) is 0 Å². The fourth-order valence-corrected chi connectivity index (χ4v) is 2.56. The number of nitrogen functional groups attached to an aromatic ring is 1. The third kappa shape index (κ3) is 4.66. The summed E-state index contributed by atoms with van der Waals surface area (Å²) in [5, 5.41) is 6.41. The van der Waals surface area contributed by atoms with Gasteiger partial charge in [-0.25, -0.2) is 4.39 Å². The van der Waals surface area contributed by atoms with Crippen LogP contribution in [0.5, 0.6) is 0 Å². The van der Waals surface area contributed by atoms with Crippen LogP contribution in [-0.2, 0) is 12.8 Å². The molecule has 0 fully saturated rings. The molecule has 0 saturated carbocycles. The van der Waals surface area contributed by atoms with Crippen LogP contribution in [0.15, 0.2) is 48.5 Å². The maximum Gasteiger partial charge on any atom is 0.232 e. The summed E-state index contributed by atoms with van der Waals surface area (Å²) in [6.07, 6.45) is 1.46. The fraction of sp³-hybridized carbons (Fsp3) is 0.211. The summed E-state index contributed by atoms with van der Waals surface area (Å²) < 4.78 is 12.9. The Labute approximate surface area is 151 Å². The van der Waals surface area contributed by atoms with Crippen LogP contribution in [0.1, 0.15) is 18.3 Å². The van der Waals surface area contributed by atoms with E-state index in [1.54, 1.807) is 12.1 Å². The second kappa shape index (κ2) is 8.24. The van der Waals surface area contributed by atoms with E-state index in [2.05, 4.69) is 38.6 Å². The summed E-state index contributed by atoms with van der Waals surface area (Å²) >= 11 is 0. The lowest BCUT2D eigenvalue weighted by Gasteiger charge is -2.11. The smallest absolute Gasteiger partial charge is 0.232 e. The lowest BCUT2D eigenvalue weighted by Crippen LogP contribution is -2.12. The van der Waals surface area contributed by atoms with Gasteiger partial charge in [0.15, 0.2) is 0 Å². The minimum atomic E-state index is -0.260. The Kier molecular flexibility index (Phi) is 5.58. The molecule has 0 spiro atoms. The van der Waals surface area contributed by atoms with Crippen molar-refractivity contribution in [2.75, 3.05) is 22.9 Å². The predicted molar refractivity (Wildman–Crippen MR) is 102 cm³/mol. The van der Waals surface area contributed by atoms with Gasteiger partial charge in [0, 0.05) is 24.3 Å². The summed E-state index contributed by atoms with van der Waals surface area (Å²) in [7, 11) is 0. The number of aromatic nitrogens is 3. The Balaban J connectivity index is 1.66. The van der Waals surface area contributed by atoms with Crippen molar-refractivity contribution in [2.45, 2.75) is 19.8 Å². The molecule has 3 aromatic rings. The molecule has 2 aromatic carbocycles. The molecule has 0 unspecified atom stereocenters. The fourth-order valence-electron chi connectivity index (χ4n) is 2.56. The summed E-state index contributed by atoms with van der Waals surface area (Å²) in [6.45, 7) is 2.69. The molecule has 0 atom stereocenters. The van der Waals surface area contributed by atoms with Crippen LogP contribution in [0.25, 0.3) is 0 Å². The highest BCUT2D eigenvalue weighted by molar-refractivity contribution is 5.58. The van der Waals surface area contributed by atoms with Crippen LogP contribution in [0.4, 0.5) is 27.7 Å². The average Bonchev–Trinajstić information content (AvgIpc) is 2.63. The molecule has 1 aromatic heterocycles. The van der Waals surface area contributed by atoms with E-state index in [-0.39, 0.29) is 11.8 Å². The monoisotopic (exact) mass is 352 g/mol. The molecular formula is C19H21FN6. The van der Waals surface area contributed by atoms with Gasteiger partial charge in [-0.05, 0) is 42.3 Å². The first-order valence-corrected chi connectivity index (χ1v) is 8.49. The maximum absolute atomic E-state index is 12.9. The molecule has 6 nitrogen and oxygen atoms in total. The van der Waals surface area contributed by atoms with Crippen molar-refractivity contribution < 1.29 is 4.39 Å². The largest absolute Gasteiger partial charge is 0.385 e. The van der Waals surface area contributed by atoms with E-state index in [1.807, 2.05) is 18.2 Å². The van der Waals surface area contributed by atoms with Crippen molar-refractivity contribution in [3.8, 4) is 0 Å². The molecule has 0 aliphatic carbocycles. The van der Waals surface area contributed by atoms with Crippen molar-refractivity contribution in [1.29, 1.82) is 0 Å². The summed E-state index contributed by atoms with van der Waals surface area (Å²) in [4.78, 5) is 12.8. The van der Waals surface area contributed by atoms with Crippen LogP contribution in [0, 0.1) is 5.82 Å². The number of nitrogens with two attached hydrogens (primary N) is 1. The van der Waals surface area contributed by atoms with Gasteiger partial charge < -0.3 is 16.4 Å². The van der Waals surface area contributed by atoms with Crippen LogP contribution < -0.4 is 16.4 Å². The Morgan fingerprint density at radius 2 is 1.77 bits per heavy atom. The number of halogens is 1. The van der Waals surface area contributed by atoms with Gasteiger partial charge in [0.05, 0.1) is 0 Å². The number of para-hydroxylation sites is 1. The first-order chi connectivity index (χ1) is 12.6. The number of aryl methyl sites for hydroxylation is 1. The van der Waals surface area contributed by atoms with E-state index in [0.717, 1.165) is 17.8 Å². The van der Waals surface area contributed by atoms with E-state index < -0.39 is 0 Å². The Hall–Kier alpha value is -3.22. The Morgan fingerprint density at radius 1 is 1.00 bits per heavy atom. The normalized spacial score (nSPS) is 10.5. The van der Waals surface area contributed by atoms with E-state index in [0.29, 0.717) is 24.7 Å². The third-order valence-electron chi connectivity index (χ3n) is 3.87. The topological polar surface area (TPSA) is 88.8 Å². The van der Waals surface area contributed by atoms with Gasteiger partial charge in [0.1, 0.15) is 11.6 Å². The highest BCUT2D eigenvalue weighted by Crippen LogP contribution is 2.19. The Morgan fingerprint density at radius 3 is 2.54 bits per heavy atom. The van der Waals surface area contributed by atoms with Crippen molar-refractivity contribution in [3.05, 3.63) is 65.7 Å². The number of benzene rings is 2. The number of nitrogens with zero attached hydrogens (tertiary/aromatic N) is 3. The van der Waals surface area contributed by atoms with Gasteiger partial charge in [-0.1, -0.05) is 25.1 Å². The van der Waals surface area contributed by atoms with Crippen molar-refractivity contribution in [3.63, 3.8) is 0 Å². The molecular weight excluding hydrogens is 331 g/mol. The number of anilines is 4. The first kappa shape index (κ1) is 17.6. The first-order valence-electron chi connectivity index (χ1n) is 8.49. The zero-order chi connectivity index (χ0) is 18.4. The lowest BCUT2D eigenvalue weighted by atomic mass is 10.1. The van der Waals surface area contributed by atoms with E-state index in [4.69, 9.17) is 5.73 Å². The van der Waals surface area contributed by atoms with Gasteiger partial charge in [-0.2, -0.15) is 15.0 Å². The van der Waals surface area contributed by atoms with E-state index >= 15 is 0 Å². The molecule has 0 aliphatic heterocycles. The Bertz CT molecular complexity index is 866. The standard InChI is InChI=1S/C19H21FN6/c1-2-13-5-3-4-6-16(13)23-19-25-17(24-18(21)26-19)11-12-22-15-9-7-14(20)8-10-15/h3-10,22H,2,11-12H2,1H3,(H3,21,23,24,25,26). The molecule has 0 amide bonds. The SMILES string of the molecule is CCc1ccccc1Nc1nc(N)nc(CCNc2ccc(F)cc2)n1. The van der Waals surface area contributed by atoms with Crippen molar-refractivity contribution in [2.24, 2.45) is 0 Å². The molecule has 0 radical (unpaired) electrons. The van der Waals surface area contributed by atoms with Gasteiger partial charge in [-0.15, -0.1) is 0 Å². The number of rotatable bonds is 7. The van der Waals surface area contributed by atoms with Crippen LogP contribution >= 0.6 is 0 Å². The highest BCUT2D eigenvalue weighted by Gasteiger charge is 2.07. The zero-order valence-electron chi connectivity index (χ0n) is 14.5. The number of nitrogens with one attached hydrogen (secondary N) is 2. The quantitative estimate of drug-likeness (QED) is 0.602. The van der Waals surface area contributed by atoms with E-state index in [1.165, 1.54) is 17.7 Å². The van der Waals surface area contributed by atoms with Crippen molar-refractivity contribution in [1.82, 2.24) is 15.0 Å². The molecule has 134 valence electrons. The number of hydrogen-bond acceptors (Lipinski definition) is 6. The molecule has 0 bridgehead atoms. The molecule has 0 saturated heterocycles. The van der Waals surface area contributed by atoms with Gasteiger partial charge in [0.2, 0.25) is 11.9 Å². The average molecular weight is 352 g/mol. The van der Waals surface area contributed by atoms with Gasteiger partial charge in [0.25, 0.3) is 0 Å². The predicted octanol–water partition coefficient (Wildman–Crippen LogP) is 3.55. The molecule has 4 N–H and O–H groups in total. The van der Waals surface area contributed by atoms with Crippen LogP contribution in [-0.4, -0.2) is 21.5 Å². The van der Waals surface area contributed by atoms with E-state index in [9.17, 15) is 4.39 Å². The lowest BCUT2D eigenvalue weighted by molar-refractivity contribution is 0.628. The summed E-state index contributed by atoms with van der Waals surface area (Å²) in [5.74, 6) is 0.927. The molecule has 7 heteroatoms. The van der Waals surface area contributed by atoms with Gasteiger partial charge in [-0.3, -0.25) is 0 Å². The molecule has 0 aliphatic rings. The minimum Gasteiger partial charge on any atom is -0.385 e. The molecule has 1 heterocycles. The summed E-state index contributed by atoms with van der Waals surface area (Å²) in [5.41, 5.74) is 8.78. The second-order valence-electron chi connectivity index (χ2n) is 5.75. The number of hydrogen-bond donors (Lipinski definition) is 3. The minimum absolute atomic E-state index is 0.174. The molecule has 26 heavy (non-hydrogen) atoms. The highest BCUT2D eigenvalue weighted by atomic mass is 19.1. The zero-order valence-corrected chi connectivity index (χ0v) is 14.5. The molecule has 3 rings (SSSR count). The summed E-state index contributed by atoms with van der Waals surface area (Å²) in [6, 6.07) is 14.2.